The van der Waals surface area contributed by atoms with Crippen LogP contribution >= 0.6 is 0 Å². The van der Waals surface area contributed by atoms with E-state index in [0.29, 0.717) is 6.42 Å². The first-order valence-corrected chi connectivity index (χ1v) is 5.11. The molecule has 15 heavy (non-hydrogen) atoms. The first-order valence-electron chi connectivity index (χ1n) is 5.11. The van der Waals surface area contributed by atoms with E-state index < -0.39 is 12.3 Å². The molecule has 4 heteroatoms. The largest absolute Gasteiger partial charge is 0.414 e. The van der Waals surface area contributed by atoms with Crippen molar-refractivity contribution in [2.45, 2.75) is 52.3 Å². The summed E-state index contributed by atoms with van der Waals surface area (Å²) in [6.45, 7) is 5.64. The van der Waals surface area contributed by atoms with E-state index in [1.807, 2.05) is 19.9 Å². The third-order valence-corrected chi connectivity index (χ3v) is 2.22. The monoisotopic (exact) mass is 224 g/mol. The topological polar surface area (TPSA) is 20.2 Å². The van der Waals surface area contributed by atoms with Crippen LogP contribution in [0.4, 0.5) is 13.2 Å². The number of hydrogen-bond donors (Lipinski definition) is 1. The van der Waals surface area contributed by atoms with Crippen molar-refractivity contribution in [3.63, 3.8) is 0 Å². The molecule has 1 nitrogen and oxygen atoms in total. The molecule has 0 heterocycles. The van der Waals surface area contributed by atoms with Gasteiger partial charge in [0.05, 0.1) is 0 Å². The maximum Gasteiger partial charge on any atom is 0.414 e. The highest BCUT2D eigenvalue weighted by Crippen LogP contribution is 2.26. The molecule has 0 aliphatic heterocycles. The van der Waals surface area contributed by atoms with E-state index in [1.54, 1.807) is 6.92 Å². The van der Waals surface area contributed by atoms with E-state index in [0.717, 1.165) is 6.42 Å². The molecule has 2 atom stereocenters. The van der Waals surface area contributed by atoms with Gasteiger partial charge in [0.2, 0.25) is 0 Å². The van der Waals surface area contributed by atoms with Gasteiger partial charge in [-0.25, -0.2) is 0 Å². The highest BCUT2D eigenvalue weighted by molar-refractivity contribution is 4.92. The Balaban J connectivity index is 3.84. The Morgan fingerprint density at radius 2 is 1.87 bits per heavy atom. The fourth-order valence-electron chi connectivity index (χ4n) is 1.29. The van der Waals surface area contributed by atoms with Gasteiger partial charge in [-0.15, -0.1) is 0 Å². The van der Waals surface area contributed by atoms with Crippen molar-refractivity contribution < 1.29 is 18.3 Å². The molecular weight excluding hydrogens is 205 g/mol. The Kier molecular flexibility index (Phi) is 5.95. The number of aliphatic hydroxyl groups excluding tert-OH is 1. The van der Waals surface area contributed by atoms with Gasteiger partial charge in [0.25, 0.3) is 0 Å². The molecule has 0 aliphatic rings. The SMILES string of the molecule is CC(C)=CCC[C@H](C)CC(O)C(F)(F)F. The highest BCUT2D eigenvalue weighted by Gasteiger charge is 2.38. The number of hydrogen-bond acceptors (Lipinski definition) is 1. The van der Waals surface area contributed by atoms with Crippen LogP contribution in [0.5, 0.6) is 0 Å². The second kappa shape index (κ2) is 6.16. The molecule has 1 unspecified atom stereocenters. The molecule has 0 fully saturated rings. The fourth-order valence-corrected chi connectivity index (χ4v) is 1.29. The van der Waals surface area contributed by atoms with Crippen LogP contribution in [0.2, 0.25) is 0 Å². The molecule has 0 radical (unpaired) electrons. The summed E-state index contributed by atoms with van der Waals surface area (Å²) in [4.78, 5) is 0. The van der Waals surface area contributed by atoms with E-state index in [9.17, 15) is 13.2 Å². The molecule has 1 N–H and O–H groups in total. The maximum atomic E-state index is 12.0. The minimum Gasteiger partial charge on any atom is -0.384 e. The van der Waals surface area contributed by atoms with Crippen LogP contribution in [0.3, 0.4) is 0 Å². The molecule has 0 aromatic rings. The molecular formula is C11H19F3O. The summed E-state index contributed by atoms with van der Waals surface area (Å²) in [6.07, 6.45) is -3.42. The summed E-state index contributed by atoms with van der Waals surface area (Å²) in [5.41, 5.74) is 1.17. The molecule has 0 spiro atoms. The number of aliphatic hydroxyl groups is 1. The minimum atomic E-state index is -4.48. The quantitative estimate of drug-likeness (QED) is 0.706. The van der Waals surface area contributed by atoms with Gasteiger partial charge in [-0.1, -0.05) is 18.6 Å². The van der Waals surface area contributed by atoms with Crippen LogP contribution < -0.4 is 0 Å². The lowest BCUT2D eigenvalue weighted by Crippen LogP contribution is -2.30. The van der Waals surface area contributed by atoms with Gasteiger partial charge in [-0.05, 0) is 39.0 Å². The predicted molar refractivity (Wildman–Crippen MR) is 54.5 cm³/mol. The number of halogens is 3. The summed E-state index contributed by atoms with van der Waals surface area (Å²) in [5, 5.41) is 8.82. The van der Waals surface area contributed by atoms with Crippen molar-refractivity contribution in [3.05, 3.63) is 11.6 Å². The third-order valence-electron chi connectivity index (χ3n) is 2.22. The van der Waals surface area contributed by atoms with Crippen LogP contribution in [-0.4, -0.2) is 17.4 Å². The highest BCUT2D eigenvalue weighted by atomic mass is 19.4. The van der Waals surface area contributed by atoms with Gasteiger partial charge in [0.15, 0.2) is 0 Å². The zero-order chi connectivity index (χ0) is 12.1. The number of rotatable bonds is 5. The molecule has 90 valence electrons. The molecule has 0 saturated heterocycles. The second-order valence-corrected chi connectivity index (χ2v) is 4.26. The Morgan fingerprint density at radius 1 is 1.33 bits per heavy atom. The zero-order valence-corrected chi connectivity index (χ0v) is 9.43. The number of allylic oxidation sites excluding steroid dienone is 2. The smallest absolute Gasteiger partial charge is 0.384 e. The average molecular weight is 224 g/mol. The molecule has 0 saturated carbocycles. The van der Waals surface area contributed by atoms with E-state index in [1.165, 1.54) is 5.57 Å². The molecule has 0 bridgehead atoms. The van der Waals surface area contributed by atoms with Crippen LogP contribution in [0.1, 0.15) is 40.0 Å². The first-order chi connectivity index (χ1) is 6.73. The molecule has 0 aliphatic carbocycles. The predicted octanol–water partition coefficient (Wildman–Crippen LogP) is 3.68. The van der Waals surface area contributed by atoms with Crippen molar-refractivity contribution in [3.8, 4) is 0 Å². The summed E-state index contributed by atoms with van der Waals surface area (Å²) in [7, 11) is 0. The van der Waals surface area contributed by atoms with Gasteiger partial charge in [-0.2, -0.15) is 13.2 Å². The Hall–Kier alpha value is -0.510. The van der Waals surface area contributed by atoms with Crippen LogP contribution in [0.15, 0.2) is 11.6 Å². The number of alkyl halides is 3. The first kappa shape index (κ1) is 14.5. The second-order valence-electron chi connectivity index (χ2n) is 4.26. The van der Waals surface area contributed by atoms with E-state index in [4.69, 9.17) is 5.11 Å². The van der Waals surface area contributed by atoms with E-state index >= 15 is 0 Å². The lowest BCUT2D eigenvalue weighted by Gasteiger charge is -2.18. The third kappa shape index (κ3) is 7.42. The maximum absolute atomic E-state index is 12.0. The normalized spacial score (nSPS) is 15.9. The Labute approximate surface area is 89.0 Å². The van der Waals surface area contributed by atoms with Crippen molar-refractivity contribution in [1.29, 1.82) is 0 Å². The minimum absolute atomic E-state index is 0.114. The Morgan fingerprint density at radius 3 is 2.27 bits per heavy atom. The van der Waals surface area contributed by atoms with Crippen molar-refractivity contribution in [2.75, 3.05) is 0 Å². The van der Waals surface area contributed by atoms with Crippen molar-refractivity contribution >= 4 is 0 Å². The lowest BCUT2D eigenvalue weighted by molar-refractivity contribution is -0.208. The summed E-state index contributed by atoms with van der Waals surface area (Å²) in [5.74, 6) is -0.114. The fraction of sp³-hybridized carbons (Fsp3) is 0.818. The zero-order valence-electron chi connectivity index (χ0n) is 9.43. The van der Waals surface area contributed by atoms with Crippen molar-refractivity contribution in [2.24, 2.45) is 5.92 Å². The van der Waals surface area contributed by atoms with Gasteiger partial charge < -0.3 is 5.11 Å². The summed E-state index contributed by atoms with van der Waals surface area (Å²) in [6, 6.07) is 0. The summed E-state index contributed by atoms with van der Waals surface area (Å²) < 4.78 is 36.0. The van der Waals surface area contributed by atoms with Crippen LogP contribution in [0.25, 0.3) is 0 Å². The molecule has 0 aromatic heterocycles. The van der Waals surface area contributed by atoms with Gasteiger partial charge in [-0.3, -0.25) is 0 Å². The van der Waals surface area contributed by atoms with Gasteiger partial charge in [0, 0.05) is 0 Å². The standard InChI is InChI=1S/C11H19F3O/c1-8(2)5-4-6-9(3)7-10(15)11(12,13)14/h5,9-10,15H,4,6-7H2,1-3H3/t9-,10?/m0/s1. The average Bonchev–Trinajstić information content (AvgIpc) is 2.01. The Bertz CT molecular complexity index is 204. The van der Waals surface area contributed by atoms with Gasteiger partial charge >= 0.3 is 6.18 Å². The molecule has 0 rings (SSSR count). The van der Waals surface area contributed by atoms with Crippen LogP contribution in [0, 0.1) is 5.92 Å². The van der Waals surface area contributed by atoms with Crippen molar-refractivity contribution in [1.82, 2.24) is 0 Å². The summed E-state index contributed by atoms with van der Waals surface area (Å²) >= 11 is 0. The van der Waals surface area contributed by atoms with Crippen LogP contribution in [-0.2, 0) is 0 Å². The lowest BCUT2D eigenvalue weighted by atomic mass is 9.97. The molecule has 0 aromatic carbocycles. The molecule has 0 amide bonds. The van der Waals surface area contributed by atoms with E-state index in [-0.39, 0.29) is 12.3 Å². The van der Waals surface area contributed by atoms with E-state index in [2.05, 4.69) is 0 Å². The van der Waals surface area contributed by atoms with Gasteiger partial charge in [0.1, 0.15) is 6.10 Å².